The summed E-state index contributed by atoms with van der Waals surface area (Å²) in [6.07, 6.45) is 16.1. The zero-order valence-corrected chi connectivity index (χ0v) is 13.9. The maximum atomic E-state index is 2.29. The minimum atomic E-state index is 0.994. The Bertz CT molecular complexity index is 164. The Balaban J connectivity index is 1.68. The molecule has 1 heterocycles. The van der Waals surface area contributed by atoms with E-state index in [2.05, 4.69) is 30.4 Å². The van der Waals surface area contributed by atoms with E-state index < -0.39 is 0 Å². The molecule has 0 aromatic carbocycles. The van der Waals surface area contributed by atoms with Gasteiger partial charge >= 0.3 is 0 Å². The van der Waals surface area contributed by atoms with Gasteiger partial charge in [0, 0.05) is 11.0 Å². The van der Waals surface area contributed by atoms with Crippen LogP contribution in [-0.4, -0.2) is 22.5 Å². The molecule has 0 aliphatic carbocycles. The second-order valence-electron chi connectivity index (χ2n) is 5.54. The Morgan fingerprint density at radius 1 is 0.889 bits per heavy atom. The zero-order valence-electron chi connectivity index (χ0n) is 12.3. The first-order valence-electron chi connectivity index (χ1n) is 8.13. The van der Waals surface area contributed by atoms with E-state index in [0.29, 0.717) is 0 Å². The highest BCUT2D eigenvalue weighted by molar-refractivity contribution is 8.04. The van der Waals surface area contributed by atoms with Crippen molar-refractivity contribution in [3.63, 3.8) is 0 Å². The molecule has 1 fully saturated rings. The van der Waals surface area contributed by atoms with Crippen molar-refractivity contribution in [2.24, 2.45) is 0 Å². The topological polar surface area (TPSA) is 0 Å². The van der Waals surface area contributed by atoms with Gasteiger partial charge in [-0.25, -0.2) is 0 Å². The molecule has 1 saturated heterocycles. The highest BCUT2D eigenvalue weighted by atomic mass is 32.2. The lowest BCUT2D eigenvalue weighted by atomic mass is 10.1. The van der Waals surface area contributed by atoms with Gasteiger partial charge in [0.25, 0.3) is 0 Å². The summed E-state index contributed by atoms with van der Waals surface area (Å²) in [4.78, 5) is 0. The van der Waals surface area contributed by atoms with E-state index in [4.69, 9.17) is 0 Å². The lowest BCUT2D eigenvalue weighted by molar-refractivity contribution is 0.563. The van der Waals surface area contributed by atoms with Crippen LogP contribution in [-0.2, 0) is 0 Å². The van der Waals surface area contributed by atoms with Gasteiger partial charge in [0.05, 0.1) is 0 Å². The van der Waals surface area contributed by atoms with Gasteiger partial charge in [0.2, 0.25) is 0 Å². The van der Waals surface area contributed by atoms with Crippen molar-refractivity contribution >= 4 is 23.5 Å². The molecule has 1 unspecified atom stereocenters. The molecule has 1 aliphatic heterocycles. The van der Waals surface area contributed by atoms with E-state index >= 15 is 0 Å². The second kappa shape index (κ2) is 12.7. The summed E-state index contributed by atoms with van der Waals surface area (Å²) in [5.41, 5.74) is 0. The predicted octanol–water partition coefficient (Wildman–Crippen LogP) is 6.15. The fraction of sp³-hybridized carbons (Fsp3) is 1.00. The molecule has 0 amide bonds. The lowest BCUT2D eigenvalue weighted by Gasteiger charge is -2.07. The predicted molar refractivity (Wildman–Crippen MR) is 90.0 cm³/mol. The monoisotopic (exact) mass is 288 g/mol. The number of unbranched alkanes of at least 4 members (excludes halogenated alkanes) is 9. The zero-order chi connectivity index (χ0) is 12.9. The first kappa shape index (κ1) is 16.8. The van der Waals surface area contributed by atoms with Crippen LogP contribution in [0.3, 0.4) is 0 Å². The van der Waals surface area contributed by atoms with Gasteiger partial charge in [0.15, 0.2) is 0 Å². The average molecular weight is 289 g/mol. The third-order valence-corrected chi connectivity index (χ3v) is 6.51. The van der Waals surface area contributed by atoms with Gasteiger partial charge < -0.3 is 0 Å². The van der Waals surface area contributed by atoms with Gasteiger partial charge in [-0.2, -0.15) is 23.5 Å². The Kier molecular flexibility index (Phi) is 11.8. The SMILES string of the molecule is CCCCCCCCCCCCSC1CCSC1. The fourth-order valence-electron chi connectivity index (χ4n) is 2.48. The number of thioether (sulfide) groups is 2. The van der Waals surface area contributed by atoms with Crippen LogP contribution >= 0.6 is 23.5 Å². The highest BCUT2D eigenvalue weighted by Gasteiger charge is 2.14. The van der Waals surface area contributed by atoms with Gasteiger partial charge in [0.1, 0.15) is 0 Å². The summed E-state index contributed by atoms with van der Waals surface area (Å²) in [6.45, 7) is 2.29. The van der Waals surface area contributed by atoms with E-state index in [-0.39, 0.29) is 0 Å². The van der Waals surface area contributed by atoms with Crippen molar-refractivity contribution < 1.29 is 0 Å². The summed E-state index contributed by atoms with van der Waals surface area (Å²) in [5, 5.41) is 0.994. The maximum absolute atomic E-state index is 2.29. The molecule has 18 heavy (non-hydrogen) atoms. The van der Waals surface area contributed by atoms with Crippen LogP contribution in [0.1, 0.15) is 77.6 Å². The third kappa shape index (κ3) is 9.61. The Morgan fingerprint density at radius 3 is 2.06 bits per heavy atom. The van der Waals surface area contributed by atoms with Crippen molar-refractivity contribution in [2.75, 3.05) is 17.3 Å². The first-order chi connectivity index (χ1) is 8.93. The summed E-state index contributed by atoms with van der Waals surface area (Å²) in [6, 6.07) is 0. The molecule has 2 heteroatoms. The fourth-order valence-corrected chi connectivity index (χ4v) is 5.34. The number of hydrogen-bond acceptors (Lipinski definition) is 2. The van der Waals surface area contributed by atoms with Crippen molar-refractivity contribution in [3.8, 4) is 0 Å². The number of hydrogen-bond donors (Lipinski definition) is 0. The van der Waals surface area contributed by atoms with Crippen LogP contribution in [0.25, 0.3) is 0 Å². The standard InChI is InChI=1S/C16H32S2/c1-2-3-4-5-6-7-8-9-10-11-13-18-16-12-14-17-15-16/h16H,2-15H2,1H3. The van der Waals surface area contributed by atoms with Crippen molar-refractivity contribution in [1.29, 1.82) is 0 Å². The van der Waals surface area contributed by atoms with Gasteiger partial charge in [-0.3, -0.25) is 0 Å². The van der Waals surface area contributed by atoms with Crippen LogP contribution in [0, 0.1) is 0 Å². The molecule has 0 radical (unpaired) electrons. The molecular weight excluding hydrogens is 256 g/mol. The molecule has 0 bridgehead atoms. The van der Waals surface area contributed by atoms with Gasteiger partial charge in [-0.05, 0) is 24.3 Å². The second-order valence-corrected chi connectivity index (χ2v) is 8.10. The molecule has 0 spiro atoms. The van der Waals surface area contributed by atoms with Crippen LogP contribution in [0.2, 0.25) is 0 Å². The van der Waals surface area contributed by atoms with Gasteiger partial charge in [-0.15, -0.1) is 0 Å². The Labute approximate surface area is 123 Å². The van der Waals surface area contributed by atoms with Crippen LogP contribution < -0.4 is 0 Å². The molecule has 1 atom stereocenters. The molecule has 0 nitrogen and oxygen atoms in total. The minimum absolute atomic E-state index is 0.994. The van der Waals surface area contributed by atoms with Crippen molar-refractivity contribution in [3.05, 3.63) is 0 Å². The van der Waals surface area contributed by atoms with E-state index in [1.807, 2.05) is 0 Å². The number of rotatable bonds is 12. The van der Waals surface area contributed by atoms with Crippen LogP contribution in [0.5, 0.6) is 0 Å². The molecule has 0 saturated carbocycles. The smallest absolute Gasteiger partial charge is 0.0146 e. The van der Waals surface area contributed by atoms with Crippen LogP contribution in [0.15, 0.2) is 0 Å². The quantitative estimate of drug-likeness (QED) is 0.395. The molecule has 1 rings (SSSR count). The summed E-state index contributed by atoms with van der Waals surface area (Å²) in [7, 11) is 0. The average Bonchev–Trinajstić information content (AvgIpc) is 2.89. The Hall–Kier alpha value is 0.700. The van der Waals surface area contributed by atoms with Gasteiger partial charge in [-0.1, -0.05) is 64.7 Å². The molecule has 108 valence electrons. The largest absolute Gasteiger partial charge is 0.161 e. The van der Waals surface area contributed by atoms with E-state index in [9.17, 15) is 0 Å². The van der Waals surface area contributed by atoms with Crippen molar-refractivity contribution in [2.45, 2.75) is 82.8 Å². The summed E-state index contributed by atoms with van der Waals surface area (Å²) < 4.78 is 0. The lowest BCUT2D eigenvalue weighted by Crippen LogP contribution is -2.00. The highest BCUT2D eigenvalue weighted by Crippen LogP contribution is 2.28. The minimum Gasteiger partial charge on any atom is -0.161 e. The Morgan fingerprint density at radius 2 is 1.50 bits per heavy atom. The first-order valence-corrected chi connectivity index (χ1v) is 10.3. The molecular formula is C16H32S2. The maximum Gasteiger partial charge on any atom is 0.0146 e. The van der Waals surface area contributed by atoms with Crippen molar-refractivity contribution in [1.82, 2.24) is 0 Å². The van der Waals surface area contributed by atoms with Crippen LogP contribution in [0.4, 0.5) is 0 Å². The summed E-state index contributed by atoms with van der Waals surface area (Å²) in [5.74, 6) is 4.25. The molecule has 0 aromatic rings. The summed E-state index contributed by atoms with van der Waals surface area (Å²) >= 11 is 4.38. The molecule has 0 N–H and O–H groups in total. The van der Waals surface area contributed by atoms with E-state index in [1.54, 1.807) is 0 Å². The van der Waals surface area contributed by atoms with E-state index in [1.165, 1.54) is 87.9 Å². The molecule has 0 aromatic heterocycles. The van der Waals surface area contributed by atoms with E-state index in [0.717, 1.165) is 5.25 Å². The normalized spacial score (nSPS) is 19.5. The third-order valence-electron chi connectivity index (χ3n) is 3.74. The molecule has 1 aliphatic rings.